The molecule has 1 saturated carbocycles. The third-order valence-electron chi connectivity index (χ3n) is 4.44. The average molecular weight is 225 g/mol. The van der Waals surface area contributed by atoms with Crippen molar-refractivity contribution in [2.24, 2.45) is 11.7 Å². The van der Waals surface area contributed by atoms with Gasteiger partial charge in [-0.3, -0.25) is 0 Å². The monoisotopic (exact) mass is 225 g/mol. The molecule has 2 N–H and O–H groups in total. The normalized spacial score (nSPS) is 37.1. The number of hydrogen-bond acceptors (Lipinski definition) is 3. The van der Waals surface area contributed by atoms with Crippen LogP contribution in [0.5, 0.6) is 0 Å². The third kappa shape index (κ3) is 2.96. The molecule has 0 amide bonds. The highest BCUT2D eigenvalue weighted by molar-refractivity contribution is 4.86. The van der Waals surface area contributed by atoms with Crippen LogP contribution in [0, 0.1) is 5.92 Å². The second-order valence-corrected chi connectivity index (χ2v) is 5.87. The summed E-state index contributed by atoms with van der Waals surface area (Å²) < 4.78 is 0. The van der Waals surface area contributed by atoms with Gasteiger partial charge in [-0.05, 0) is 45.8 Å². The summed E-state index contributed by atoms with van der Waals surface area (Å²) in [6, 6.07) is 1.23. The molecule has 2 fully saturated rings. The van der Waals surface area contributed by atoms with Gasteiger partial charge in [-0.25, -0.2) is 0 Å². The van der Waals surface area contributed by atoms with Crippen molar-refractivity contribution < 1.29 is 0 Å². The Hall–Kier alpha value is -0.120. The first kappa shape index (κ1) is 12.3. The summed E-state index contributed by atoms with van der Waals surface area (Å²) in [7, 11) is 4.39. The zero-order valence-electron chi connectivity index (χ0n) is 10.9. The SMILES string of the molecule is CN(C)C1CCN(CC2CCCCC2N)C1. The Kier molecular flexibility index (Phi) is 4.22. The number of rotatable bonds is 3. The van der Waals surface area contributed by atoms with E-state index in [4.69, 9.17) is 5.73 Å². The Labute approximate surface area is 100.0 Å². The molecule has 0 aromatic carbocycles. The Balaban J connectivity index is 1.77. The maximum atomic E-state index is 6.21. The minimum absolute atomic E-state index is 0.465. The molecule has 16 heavy (non-hydrogen) atoms. The lowest BCUT2D eigenvalue weighted by molar-refractivity contribution is 0.198. The summed E-state index contributed by atoms with van der Waals surface area (Å²) >= 11 is 0. The predicted octanol–water partition coefficient (Wildman–Crippen LogP) is 1.14. The molecule has 2 rings (SSSR count). The Morgan fingerprint density at radius 3 is 2.56 bits per heavy atom. The van der Waals surface area contributed by atoms with E-state index in [0.29, 0.717) is 6.04 Å². The number of likely N-dealkylation sites (N-methyl/N-ethyl adjacent to an activating group) is 1. The van der Waals surface area contributed by atoms with Crippen molar-refractivity contribution in [3.8, 4) is 0 Å². The Morgan fingerprint density at radius 2 is 1.94 bits per heavy atom. The summed E-state index contributed by atoms with van der Waals surface area (Å²) in [5, 5.41) is 0. The molecule has 1 saturated heterocycles. The lowest BCUT2D eigenvalue weighted by atomic mass is 9.85. The largest absolute Gasteiger partial charge is 0.327 e. The van der Waals surface area contributed by atoms with Gasteiger partial charge in [0, 0.05) is 25.2 Å². The van der Waals surface area contributed by atoms with Crippen LogP contribution in [0.25, 0.3) is 0 Å². The molecular weight excluding hydrogens is 198 g/mol. The van der Waals surface area contributed by atoms with Crippen LogP contribution >= 0.6 is 0 Å². The molecular formula is C13H27N3. The molecule has 3 unspecified atom stereocenters. The molecule has 94 valence electrons. The van der Waals surface area contributed by atoms with Crippen molar-refractivity contribution in [3.63, 3.8) is 0 Å². The molecule has 0 aromatic heterocycles. The summed E-state index contributed by atoms with van der Waals surface area (Å²) in [5.74, 6) is 0.759. The van der Waals surface area contributed by atoms with Gasteiger partial charge in [0.25, 0.3) is 0 Å². The van der Waals surface area contributed by atoms with E-state index >= 15 is 0 Å². The van der Waals surface area contributed by atoms with Gasteiger partial charge in [0.1, 0.15) is 0 Å². The maximum Gasteiger partial charge on any atom is 0.0229 e. The van der Waals surface area contributed by atoms with Gasteiger partial charge in [-0.2, -0.15) is 0 Å². The lowest BCUT2D eigenvalue weighted by Gasteiger charge is -2.32. The predicted molar refractivity (Wildman–Crippen MR) is 68.5 cm³/mol. The maximum absolute atomic E-state index is 6.21. The van der Waals surface area contributed by atoms with Gasteiger partial charge in [0.2, 0.25) is 0 Å². The third-order valence-corrected chi connectivity index (χ3v) is 4.44. The second-order valence-electron chi connectivity index (χ2n) is 5.87. The molecule has 0 spiro atoms. The number of hydrogen-bond donors (Lipinski definition) is 1. The summed E-state index contributed by atoms with van der Waals surface area (Å²) in [6.45, 7) is 3.76. The van der Waals surface area contributed by atoms with Gasteiger partial charge in [-0.1, -0.05) is 12.8 Å². The van der Waals surface area contributed by atoms with Crippen molar-refractivity contribution in [1.82, 2.24) is 9.80 Å². The first-order valence-corrected chi connectivity index (χ1v) is 6.81. The quantitative estimate of drug-likeness (QED) is 0.782. The molecule has 3 atom stereocenters. The summed E-state index contributed by atoms with van der Waals surface area (Å²) in [4.78, 5) is 4.99. The van der Waals surface area contributed by atoms with Gasteiger partial charge < -0.3 is 15.5 Å². The van der Waals surface area contributed by atoms with Gasteiger partial charge in [-0.15, -0.1) is 0 Å². The fourth-order valence-corrected chi connectivity index (χ4v) is 3.19. The fraction of sp³-hybridized carbons (Fsp3) is 1.00. The van der Waals surface area contributed by atoms with Crippen LogP contribution < -0.4 is 5.73 Å². The smallest absolute Gasteiger partial charge is 0.0229 e. The summed E-state index contributed by atoms with van der Waals surface area (Å²) in [5.41, 5.74) is 6.21. The standard InChI is InChI=1S/C13H27N3/c1-15(2)12-7-8-16(10-12)9-11-5-3-4-6-13(11)14/h11-13H,3-10,14H2,1-2H3. The first-order chi connectivity index (χ1) is 7.66. The fourth-order valence-electron chi connectivity index (χ4n) is 3.19. The topological polar surface area (TPSA) is 32.5 Å². The zero-order valence-corrected chi connectivity index (χ0v) is 10.9. The highest BCUT2D eigenvalue weighted by atomic mass is 15.2. The van der Waals surface area contributed by atoms with Crippen LogP contribution in [0.3, 0.4) is 0 Å². The number of nitrogens with two attached hydrogens (primary N) is 1. The highest BCUT2D eigenvalue weighted by Crippen LogP contribution is 2.25. The second kappa shape index (κ2) is 5.48. The van der Waals surface area contributed by atoms with Crippen LogP contribution in [0.2, 0.25) is 0 Å². The highest BCUT2D eigenvalue weighted by Gasteiger charge is 2.29. The van der Waals surface area contributed by atoms with E-state index in [-0.39, 0.29) is 0 Å². The van der Waals surface area contributed by atoms with Crippen molar-refractivity contribution in [1.29, 1.82) is 0 Å². The minimum Gasteiger partial charge on any atom is -0.327 e. The first-order valence-electron chi connectivity index (χ1n) is 6.81. The number of nitrogens with zero attached hydrogens (tertiary/aromatic N) is 2. The van der Waals surface area contributed by atoms with Crippen molar-refractivity contribution in [2.45, 2.75) is 44.2 Å². The van der Waals surface area contributed by atoms with Crippen LogP contribution in [0.1, 0.15) is 32.1 Å². The van der Waals surface area contributed by atoms with Gasteiger partial charge in [0.05, 0.1) is 0 Å². The molecule has 3 nitrogen and oxygen atoms in total. The zero-order chi connectivity index (χ0) is 11.5. The molecule has 1 heterocycles. The molecule has 0 aromatic rings. The average Bonchev–Trinajstić information content (AvgIpc) is 2.70. The van der Waals surface area contributed by atoms with E-state index < -0.39 is 0 Å². The Bertz CT molecular complexity index is 217. The van der Waals surface area contributed by atoms with Gasteiger partial charge >= 0.3 is 0 Å². The molecule has 3 heteroatoms. The molecule has 2 aliphatic rings. The minimum atomic E-state index is 0.465. The molecule has 1 aliphatic heterocycles. The van der Waals surface area contributed by atoms with E-state index in [9.17, 15) is 0 Å². The van der Waals surface area contributed by atoms with E-state index in [1.807, 2.05) is 0 Å². The number of likely N-dealkylation sites (tertiary alicyclic amines) is 1. The molecule has 0 radical (unpaired) electrons. The van der Waals surface area contributed by atoms with Crippen molar-refractivity contribution in [3.05, 3.63) is 0 Å². The van der Waals surface area contributed by atoms with E-state index in [2.05, 4.69) is 23.9 Å². The van der Waals surface area contributed by atoms with Crippen LogP contribution in [0.4, 0.5) is 0 Å². The van der Waals surface area contributed by atoms with Crippen LogP contribution in [-0.2, 0) is 0 Å². The van der Waals surface area contributed by atoms with Crippen LogP contribution in [0.15, 0.2) is 0 Å². The Morgan fingerprint density at radius 1 is 1.19 bits per heavy atom. The molecule has 0 bridgehead atoms. The van der Waals surface area contributed by atoms with Crippen LogP contribution in [-0.4, -0.2) is 55.6 Å². The van der Waals surface area contributed by atoms with E-state index in [1.54, 1.807) is 0 Å². The lowest BCUT2D eigenvalue weighted by Crippen LogP contribution is -2.41. The molecule has 1 aliphatic carbocycles. The van der Waals surface area contributed by atoms with Crippen molar-refractivity contribution >= 4 is 0 Å². The van der Waals surface area contributed by atoms with E-state index in [0.717, 1.165) is 12.0 Å². The van der Waals surface area contributed by atoms with Gasteiger partial charge in [0.15, 0.2) is 0 Å². The van der Waals surface area contributed by atoms with Crippen molar-refractivity contribution in [2.75, 3.05) is 33.7 Å². The summed E-state index contributed by atoms with van der Waals surface area (Å²) in [6.07, 6.45) is 6.66. The van der Waals surface area contributed by atoms with E-state index in [1.165, 1.54) is 51.7 Å².